The van der Waals surface area contributed by atoms with Crippen LogP contribution in [0.2, 0.25) is 0 Å². The predicted octanol–water partition coefficient (Wildman–Crippen LogP) is 14.7. The number of aryl methyl sites for hydroxylation is 6. The maximum Gasteiger partial charge on any atom is 0.260 e. The number of nitrogens with one attached hydrogen (secondary N) is 1. The Kier molecular flexibility index (Phi) is 11.4. The maximum atomic E-state index is 7.55. The van der Waals surface area contributed by atoms with Crippen LogP contribution in [-0.4, -0.2) is 26.4 Å². The SMILES string of the molecule is CSN1c2cc3c(cc2B2c4ccccc4N(c4ccccc4)c4cc(-c5c(C)cccc5C)cc1c42)B1c2cc4c(cc2Oc2cc(-c5c(C)cccc5C)cc(c21)O3)Nc1cc(-c2c(C)cccc2C)cc2c1B4c1ccccc1N2c1ccccc1. The van der Waals surface area contributed by atoms with Gasteiger partial charge in [-0.3, -0.25) is 4.31 Å². The molecule has 12 aromatic rings. The van der Waals surface area contributed by atoms with Crippen LogP contribution >= 0.6 is 11.9 Å². The number of anilines is 10. The third-order valence-electron chi connectivity index (χ3n) is 20.0. The first-order valence-electron chi connectivity index (χ1n) is 31.0. The molecule has 0 bridgehead atoms. The Hall–Kier alpha value is -10.0. The lowest BCUT2D eigenvalue weighted by molar-refractivity contribution is 0.465. The van der Waals surface area contributed by atoms with E-state index in [9.17, 15) is 0 Å². The zero-order valence-corrected chi connectivity index (χ0v) is 51.5. The number of nitrogens with zero attached hydrogens (tertiary/aromatic N) is 3. The van der Waals surface area contributed by atoms with Crippen LogP contribution in [0.5, 0.6) is 23.0 Å². The number of benzene rings is 12. The summed E-state index contributed by atoms with van der Waals surface area (Å²) in [5, 5.41) is 4.12. The fourth-order valence-corrected chi connectivity index (χ4v) is 17.1. The lowest BCUT2D eigenvalue weighted by Gasteiger charge is -2.44. The highest BCUT2D eigenvalue weighted by Crippen LogP contribution is 2.49. The van der Waals surface area contributed by atoms with Crippen LogP contribution < -0.4 is 78.1 Å². The van der Waals surface area contributed by atoms with Gasteiger partial charge in [0.25, 0.3) is 20.1 Å². The smallest absolute Gasteiger partial charge is 0.260 e. The molecule has 6 nitrogen and oxygen atoms in total. The molecular weight excluding hydrogens is 1100 g/mol. The van der Waals surface area contributed by atoms with Gasteiger partial charge in [0, 0.05) is 69.4 Å². The third-order valence-corrected chi connectivity index (χ3v) is 20.7. The van der Waals surface area contributed by atoms with E-state index in [2.05, 4.69) is 292 Å². The third kappa shape index (κ3) is 7.56. The summed E-state index contributed by atoms with van der Waals surface area (Å²) in [5.74, 6) is 3.33. The van der Waals surface area contributed by atoms with Gasteiger partial charge in [-0.25, -0.2) is 0 Å². The minimum absolute atomic E-state index is 0.0930. The van der Waals surface area contributed by atoms with Crippen molar-refractivity contribution in [2.75, 3.05) is 25.7 Å². The molecule has 0 saturated heterocycles. The van der Waals surface area contributed by atoms with Crippen LogP contribution in [0.25, 0.3) is 33.4 Å². The van der Waals surface area contributed by atoms with Gasteiger partial charge in [0.15, 0.2) is 0 Å². The molecule has 10 heteroatoms. The summed E-state index contributed by atoms with van der Waals surface area (Å²) in [6.45, 7) is 12.9. The Balaban J connectivity index is 0.886. The first kappa shape index (κ1) is 52.1. The van der Waals surface area contributed by atoms with Crippen molar-refractivity contribution in [1.82, 2.24) is 0 Å². The van der Waals surface area contributed by atoms with Crippen molar-refractivity contribution in [2.24, 2.45) is 0 Å². The summed E-state index contributed by atoms with van der Waals surface area (Å²) in [6.07, 6.45) is 2.22. The van der Waals surface area contributed by atoms with E-state index in [1.807, 2.05) is 0 Å². The molecule has 6 aliphatic rings. The topological polar surface area (TPSA) is 40.2 Å². The molecule has 0 fully saturated rings. The van der Waals surface area contributed by atoms with Gasteiger partial charge in [-0.15, -0.1) is 0 Å². The maximum absolute atomic E-state index is 7.55. The summed E-state index contributed by atoms with van der Waals surface area (Å²) < 4.78 is 17.5. The largest absolute Gasteiger partial charge is 0.458 e. The quantitative estimate of drug-likeness (QED) is 0.131. The van der Waals surface area contributed by atoms with Crippen molar-refractivity contribution in [2.45, 2.75) is 41.5 Å². The van der Waals surface area contributed by atoms with Gasteiger partial charge in [0.2, 0.25) is 0 Å². The van der Waals surface area contributed by atoms with Crippen LogP contribution in [0.4, 0.5) is 56.9 Å². The van der Waals surface area contributed by atoms with E-state index in [0.29, 0.717) is 0 Å². The van der Waals surface area contributed by atoms with E-state index in [4.69, 9.17) is 9.47 Å². The Labute approximate surface area is 525 Å². The van der Waals surface area contributed by atoms with Crippen molar-refractivity contribution in [3.63, 3.8) is 0 Å². The minimum atomic E-state index is -0.239. The van der Waals surface area contributed by atoms with E-state index in [-0.39, 0.29) is 20.1 Å². The van der Waals surface area contributed by atoms with E-state index in [1.165, 1.54) is 122 Å². The molecule has 6 heterocycles. The Morgan fingerprint density at radius 2 is 0.742 bits per heavy atom. The molecular formula is C79H59B3N4O2S. The van der Waals surface area contributed by atoms with Gasteiger partial charge in [-0.1, -0.05) is 140 Å². The van der Waals surface area contributed by atoms with E-state index >= 15 is 0 Å². The first-order valence-corrected chi connectivity index (χ1v) is 32.2. The zero-order chi connectivity index (χ0) is 59.7. The van der Waals surface area contributed by atoms with Crippen LogP contribution in [0, 0.1) is 41.5 Å². The number of hydrogen-bond acceptors (Lipinski definition) is 7. The molecule has 422 valence electrons. The summed E-state index contributed by atoms with van der Waals surface area (Å²) >= 11 is 1.76. The zero-order valence-electron chi connectivity index (χ0n) is 50.7. The fraction of sp³-hybridized carbons (Fsp3) is 0.0886. The molecule has 0 aliphatic carbocycles. The van der Waals surface area contributed by atoms with E-state index in [1.54, 1.807) is 11.9 Å². The van der Waals surface area contributed by atoms with Gasteiger partial charge in [-0.05, 0) is 237 Å². The molecule has 12 aromatic carbocycles. The van der Waals surface area contributed by atoms with Crippen LogP contribution in [0.15, 0.2) is 224 Å². The Morgan fingerprint density at radius 1 is 0.315 bits per heavy atom. The molecule has 0 unspecified atom stereocenters. The highest BCUT2D eigenvalue weighted by Gasteiger charge is 2.49. The van der Waals surface area contributed by atoms with Crippen molar-refractivity contribution >= 4 is 138 Å². The summed E-state index contributed by atoms with van der Waals surface area (Å²) in [7, 11) is 0. The molecule has 1 N–H and O–H groups in total. The average molecular weight is 1160 g/mol. The van der Waals surface area contributed by atoms with Crippen LogP contribution in [-0.2, 0) is 0 Å². The van der Waals surface area contributed by atoms with Crippen molar-refractivity contribution < 1.29 is 9.47 Å². The predicted molar refractivity (Wildman–Crippen MR) is 379 cm³/mol. The number of fused-ring (bicyclic) bond motifs is 12. The van der Waals surface area contributed by atoms with Crippen LogP contribution in [0.3, 0.4) is 0 Å². The van der Waals surface area contributed by atoms with Crippen molar-refractivity contribution in [1.29, 1.82) is 0 Å². The van der Waals surface area contributed by atoms with Gasteiger partial charge >= 0.3 is 0 Å². The van der Waals surface area contributed by atoms with Gasteiger partial charge in [0.05, 0.1) is 11.4 Å². The molecule has 6 aliphatic heterocycles. The molecule has 0 radical (unpaired) electrons. The highest BCUT2D eigenvalue weighted by molar-refractivity contribution is 8.00. The molecule has 0 atom stereocenters. The van der Waals surface area contributed by atoms with E-state index in [0.717, 1.165) is 73.4 Å². The normalized spacial score (nSPS) is 13.7. The molecule has 0 saturated carbocycles. The number of hydrogen-bond donors (Lipinski definition) is 1. The van der Waals surface area contributed by atoms with E-state index < -0.39 is 0 Å². The van der Waals surface area contributed by atoms with Gasteiger partial charge in [-0.2, -0.15) is 0 Å². The number of ether oxygens (including phenoxy) is 2. The highest BCUT2D eigenvalue weighted by atomic mass is 32.2. The second-order valence-corrected chi connectivity index (χ2v) is 25.8. The summed E-state index contributed by atoms with van der Waals surface area (Å²) in [5.41, 5.74) is 36.9. The second kappa shape index (κ2) is 19.5. The molecule has 0 amide bonds. The number of rotatable bonds is 6. The first-order chi connectivity index (χ1) is 43.6. The Morgan fingerprint density at radius 3 is 1.27 bits per heavy atom. The number of para-hydroxylation sites is 4. The van der Waals surface area contributed by atoms with Crippen LogP contribution in [0.1, 0.15) is 33.4 Å². The lowest BCUT2D eigenvalue weighted by atomic mass is 9.29. The monoisotopic (exact) mass is 1160 g/mol. The molecule has 0 aromatic heterocycles. The van der Waals surface area contributed by atoms with Crippen molar-refractivity contribution in [3.05, 3.63) is 258 Å². The Bertz CT molecular complexity index is 5010. The standard InChI is InChI=1S/C79H59B3N4O2S/c1-45-21-18-22-46(2)74(45)51-35-63-77-67(36-51)84(54-27-10-8-11-28-54)64-33-16-14-31-56(64)80(77)58-41-60-70(43-62(58)83-63)87-72-39-53(76-49(5)25-20-26-50(76)6)40-73-79(72)82(60)61-42-59-66(44-71(61)88-73)86(89-7)69-38-52(75-47(3)23-19-24-48(75)4)37-68-78(69)81(59)57-32-15-17-34-65(57)85(68)55-29-12-9-13-30-55/h8-44,83H,1-7H3. The molecule has 0 spiro atoms. The molecule has 89 heavy (non-hydrogen) atoms. The molecule has 18 rings (SSSR count). The average Bonchev–Trinajstić information content (AvgIpc) is 0.733. The van der Waals surface area contributed by atoms with Gasteiger partial charge in [0.1, 0.15) is 23.0 Å². The lowest BCUT2D eigenvalue weighted by Crippen LogP contribution is -2.64. The van der Waals surface area contributed by atoms with Crippen molar-refractivity contribution in [3.8, 4) is 56.4 Å². The summed E-state index contributed by atoms with van der Waals surface area (Å²) in [4.78, 5) is 4.99. The second-order valence-electron chi connectivity index (χ2n) is 25.1. The fourth-order valence-electron chi connectivity index (χ4n) is 16.4. The minimum Gasteiger partial charge on any atom is -0.458 e. The van der Waals surface area contributed by atoms with Gasteiger partial charge < -0.3 is 24.6 Å². The summed E-state index contributed by atoms with van der Waals surface area (Å²) in [6, 6.07) is 83.9.